The highest BCUT2D eigenvalue weighted by atomic mass is 16.3. The highest BCUT2D eigenvalue weighted by molar-refractivity contribution is 6.04. The van der Waals surface area contributed by atoms with E-state index in [4.69, 9.17) is 4.42 Å². The van der Waals surface area contributed by atoms with E-state index in [9.17, 15) is 9.59 Å². The lowest BCUT2D eigenvalue weighted by Gasteiger charge is -2.17. The molecule has 114 valence electrons. The van der Waals surface area contributed by atoms with Crippen molar-refractivity contribution in [3.63, 3.8) is 0 Å². The molecule has 4 nitrogen and oxygen atoms in total. The molecule has 0 fully saturated rings. The van der Waals surface area contributed by atoms with Crippen LogP contribution in [0, 0.1) is 5.41 Å². The van der Waals surface area contributed by atoms with Crippen LogP contribution in [-0.4, -0.2) is 11.7 Å². The summed E-state index contributed by atoms with van der Waals surface area (Å²) in [4.78, 5) is 23.6. The largest absolute Gasteiger partial charge is 0.461 e. The quantitative estimate of drug-likeness (QED) is 0.681. The van der Waals surface area contributed by atoms with Crippen LogP contribution < -0.4 is 5.32 Å². The van der Waals surface area contributed by atoms with Crippen molar-refractivity contribution in [3.8, 4) is 0 Å². The van der Waals surface area contributed by atoms with Gasteiger partial charge in [-0.3, -0.25) is 9.59 Å². The number of anilines is 1. The molecule has 0 spiro atoms. The maximum absolute atomic E-state index is 11.9. The summed E-state index contributed by atoms with van der Waals surface area (Å²) in [7, 11) is 0. The third-order valence-electron chi connectivity index (χ3n) is 3.04. The van der Waals surface area contributed by atoms with Gasteiger partial charge in [-0.2, -0.15) is 0 Å². The lowest BCUT2D eigenvalue weighted by Crippen LogP contribution is -2.27. The first kappa shape index (κ1) is 15.8. The molecule has 4 heteroatoms. The summed E-state index contributed by atoms with van der Waals surface area (Å²) in [6, 6.07) is 10.6. The molecule has 1 heterocycles. The second kappa shape index (κ2) is 6.43. The summed E-state index contributed by atoms with van der Waals surface area (Å²) in [6.45, 7) is 5.58. The second-order valence-electron chi connectivity index (χ2n) is 6.00. The van der Waals surface area contributed by atoms with Crippen molar-refractivity contribution < 1.29 is 14.0 Å². The van der Waals surface area contributed by atoms with Crippen LogP contribution >= 0.6 is 0 Å². The lowest BCUT2D eigenvalue weighted by molar-refractivity contribution is -0.123. The predicted molar refractivity (Wildman–Crippen MR) is 86.6 cm³/mol. The number of carbonyl (C=O) groups is 2. The smallest absolute Gasteiger partial charge is 0.229 e. The first-order chi connectivity index (χ1) is 10.4. The van der Waals surface area contributed by atoms with Gasteiger partial charge in [0.2, 0.25) is 11.7 Å². The van der Waals surface area contributed by atoms with E-state index in [1.807, 2.05) is 32.9 Å². The van der Waals surface area contributed by atoms with E-state index in [1.54, 1.807) is 30.3 Å². The Bertz CT molecular complexity index is 674. The van der Waals surface area contributed by atoms with Gasteiger partial charge in [-0.05, 0) is 35.9 Å². The van der Waals surface area contributed by atoms with Crippen molar-refractivity contribution in [1.82, 2.24) is 0 Å². The van der Waals surface area contributed by atoms with Gasteiger partial charge >= 0.3 is 0 Å². The fourth-order valence-corrected chi connectivity index (χ4v) is 1.67. The normalized spacial score (nSPS) is 11.6. The Morgan fingerprint density at radius 3 is 2.32 bits per heavy atom. The van der Waals surface area contributed by atoms with Gasteiger partial charge in [0.1, 0.15) is 0 Å². The molecule has 2 rings (SSSR count). The minimum atomic E-state index is -0.436. The van der Waals surface area contributed by atoms with E-state index in [1.165, 1.54) is 12.3 Å². The van der Waals surface area contributed by atoms with Gasteiger partial charge in [-0.25, -0.2) is 0 Å². The number of allylic oxidation sites excluding steroid dienone is 1. The van der Waals surface area contributed by atoms with Gasteiger partial charge in [0.05, 0.1) is 6.26 Å². The van der Waals surface area contributed by atoms with Crippen molar-refractivity contribution in [2.45, 2.75) is 20.8 Å². The summed E-state index contributed by atoms with van der Waals surface area (Å²) in [5.41, 5.74) is 1.16. The summed E-state index contributed by atoms with van der Waals surface area (Å²) in [5.74, 6) is 0.0872. The molecule has 0 aliphatic rings. The molecule has 22 heavy (non-hydrogen) atoms. The van der Waals surface area contributed by atoms with Crippen molar-refractivity contribution in [2.24, 2.45) is 5.41 Å². The van der Waals surface area contributed by atoms with E-state index < -0.39 is 5.41 Å². The number of furan rings is 1. The van der Waals surface area contributed by atoms with Crippen molar-refractivity contribution in [2.75, 3.05) is 5.32 Å². The van der Waals surface area contributed by atoms with Crippen molar-refractivity contribution >= 4 is 23.5 Å². The molecule has 0 aliphatic carbocycles. The standard InChI is InChI=1S/C18H19NO3/c1-18(2,3)17(21)19-14-9-6-13(7-10-14)8-11-15(20)16-5-4-12-22-16/h4-12H,1-3H3,(H,19,21)/b11-8+. The van der Waals surface area contributed by atoms with Crippen molar-refractivity contribution in [3.05, 3.63) is 60.1 Å². The topological polar surface area (TPSA) is 59.3 Å². The maximum atomic E-state index is 11.9. The van der Waals surface area contributed by atoms with Crippen LogP contribution in [0.4, 0.5) is 5.69 Å². The van der Waals surface area contributed by atoms with Crippen molar-refractivity contribution in [1.29, 1.82) is 0 Å². The Kier molecular flexibility index (Phi) is 4.61. The van der Waals surface area contributed by atoms with E-state index in [0.29, 0.717) is 5.76 Å². The Morgan fingerprint density at radius 2 is 1.77 bits per heavy atom. The first-order valence-electron chi connectivity index (χ1n) is 7.04. The van der Waals surface area contributed by atoms with Crippen LogP contribution in [0.15, 0.2) is 53.2 Å². The number of benzene rings is 1. The molecule has 1 aromatic carbocycles. The molecule has 0 saturated carbocycles. The molecule has 1 amide bonds. The van der Waals surface area contributed by atoms with Gasteiger partial charge in [-0.1, -0.05) is 39.0 Å². The third kappa shape index (κ3) is 4.19. The molecule has 0 radical (unpaired) electrons. The molecule has 0 atom stereocenters. The van der Waals surface area contributed by atoms with Gasteiger partial charge in [0.15, 0.2) is 5.76 Å². The number of amides is 1. The first-order valence-corrected chi connectivity index (χ1v) is 7.04. The molecule has 2 aromatic rings. The number of hydrogen-bond acceptors (Lipinski definition) is 3. The summed E-state index contributed by atoms with van der Waals surface area (Å²) < 4.78 is 5.03. The van der Waals surface area contributed by atoms with Crippen LogP contribution in [0.5, 0.6) is 0 Å². The molecular weight excluding hydrogens is 278 g/mol. The van der Waals surface area contributed by atoms with E-state index in [0.717, 1.165) is 11.3 Å². The average molecular weight is 297 g/mol. The van der Waals surface area contributed by atoms with E-state index in [2.05, 4.69) is 5.32 Å². The Morgan fingerprint density at radius 1 is 1.09 bits per heavy atom. The molecule has 0 bridgehead atoms. The van der Waals surface area contributed by atoms with E-state index in [-0.39, 0.29) is 11.7 Å². The zero-order chi connectivity index (χ0) is 16.2. The summed E-state index contributed by atoms with van der Waals surface area (Å²) in [5, 5.41) is 2.85. The van der Waals surface area contributed by atoms with Crippen LogP contribution in [0.1, 0.15) is 36.9 Å². The minimum absolute atomic E-state index is 0.0382. The van der Waals surface area contributed by atoms with Gasteiger partial charge in [0.25, 0.3) is 0 Å². The zero-order valence-corrected chi connectivity index (χ0v) is 12.9. The SMILES string of the molecule is CC(C)(C)C(=O)Nc1ccc(/C=C/C(=O)c2ccco2)cc1. The molecule has 0 unspecified atom stereocenters. The molecule has 0 aliphatic heterocycles. The number of ketones is 1. The summed E-state index contributed by atoms with van der Waals surface area (Å²) in [6.07, 6.45) is 4.63. The molecule has 1 N–H and O–H groups in total. The number of rotatable bonds is 4. The minimum Gasteiger partial charge on any atom is -0.461 e. The second-order valence-corrected chi connectivity index (χ2v) is 6.00. The third-order valence-corrected chi connectivity index (χ3v) is 3.04. The van der Waals surface area contributed by atoms with Crippen LogP contribution in [0.3, 0.4) is 0 Å². The van der Waals surface area contributed by atoms with Gasteiger partial charge in [0, 0.05) is 11.1 Å². The average Bonchev–Trinajstić information content (AvgIpc) is 2.99. The zero-order valence-electron chi connectivity index (χ0n) is 12.9. The molecule has 0 saturated heterocycles. The van der Waals surface area contributed by atoms with Crippen LogP contribution in [-0.2, 0) is 4.79 Å². The van der Waals surface area contributed by atoms with Crippen LogP contribution in [0.25, 0.3) is 6.08 Å². The maximum Gasteiger partial charge on any atom is 0.229 e. The number of carbonyl (C=O) groups excluding carboxylic acids is 2. The highest BCUT2D eigenvalue weighted by Gasteiger charge is 2.20. The fraction of sp³-hybridized carbons (Fsp3) is 0.222. The number of nitrogens with one attached hydrogen (secondary N) is 1. The van der Waals surface area contributed by atoms with Crippen LogP contribution in [0.2, 0.25) is 0 Å². The number of hydrogen-bond donors (Lipinski definition) is 1. The Labute approximate surface area is 129 Å². The van der Waals surface area contributed by atoms with E-state index >= 15 is 0 Å². The lowest BCUT2D eigenvalue weighted by atomic mass is 9.95. The fourth-order valence-electron chi connectivity index (χ4n) is 1.67. The molecular formula is C18H19NO3. The Hall–Kier alpha value is -2.62. The summed E-state index contributed by atoms with van der Waals surface area (Å²) >= 11 is 0. The molecule has 1 aromatic heterocycles. The Balaban J connectivity index is 2.00. The van der Waals surface area contributed by atoms with Gasteiger partial charge in [-0.15, -0.1) is 0 Å². The van der Waals surface area contributed by atoms with Gasteiger partial charge < -0.3 is 9.73 Å². The monoisotopic (exact) mass is 297 g/mol. The highest BCUT2D eigenvalue weighted by Crippen LogP contribution is 2.18. The predicted octanol–water partition coefficient (Wildman–Crippen LogP) is 4.16.